The Morgan fingerprint density at radius 2 is 1.71 bits per heavy atom. The van der Waals surface area contributed by atoms with Crippen molar-refractivity contribution in [2.75, 3.05) is 17.7 Å². The molecule has 1 aromatic carbocycles. The Kier molecular flexibility index (Phi) is 4.75. The Balaban J connectivity index is 1.48. The summed E-state index contributed by atoms with van der Waals surface area (Å²) in [6.07, 6.45) is 8.27. The first-order chi connectivity index (χ1) is 15.0. The highest BCUT2D eigenvalue weighted by atomic mass is 16.6. The highest BCUT2D eigenvalue weighted by Gasteiger charge is 2.51. The van der Waals surface area contributed by atoms with Crippen molar-refractivity contribution in [2.45, 2.75) is 44.1 Å². The summed E-state index contributed by atoms with van der Waals surface area (Å²) in [6, 6.07) is 6.68. The monoisotopic (exact) mass is 423 g/mol. The Bertz CT molecular complexity index is 1010. The third kappa shape index (κ3) is 3.58. The van der Waals surface area contributed by atoms with E-state index < -0.39 is 10.9 Å². The fraction of sp³-hybridized carbons (Fsp3) is 0.500. The van der Waals surface area contributed by atoms with Gasteiger partial charge < -0.3 is 15.4 Å². The normalized spacial score (nSPS) is 28.2. The maximum atomic E-state index is 12.1. The molecule has 4 aliphatic carbocycles. The number of nitro groups is 1. The molecular formula is C22H25N5O4. The van der Waals surface area contributed by atoms with Crippen LogP contribution < -0.4 is 10.6 Å². The molecule has 0 saturated heterocycles. The van der Waals surface area contributed by atoms with Crippen LogP contribution in [0.1, 0.15) is 48.9 Å². The molecule has 162 valence electrons. The number of carbonyl (C=O) groups is 1. The second-order valence-electron chi connectivity index (χ2n) is 9.16. The van der Waals surface area contributed by atoms with Crippen LogP contribution in [0.3, 0.4) is 0 Å². The Hall–Kier alpha value is -3.23. The van der Waals surface area contributed by atoms with Crippen molar-refractivity contribution in [1.82, 2.24) is 9.97 Å². The molecule has 1 heterocycles. The molecule has 31 heavy (non-hydrogen) atoms. The molecule has 0 amide bonds. The summed E-state index contributed by atoms with van der Waals surface area (Å²) >= 11 is 0. The molecule has 9 nitrogen and oxygen atoms in total. The summed E-state index contributed by atoms with van der Waals surface area (Å²) in [6.45, 7) is 0. The number of nitrogens with zero attached hydrogens (tertiary/aromatic N) is 3. The molecule has 1 aromatic heterocycles. The molecule has 4 fully saturated rings. The quantitative estimate of drug-likeness (QED) is 0.401. The lowest BCUT2D eigenvalue weighted by atomic mass is 9.53. The van der Waals surface area contributed by atoms with E-state index in [-0.39, 0.29) is 28.4 Å². The van der Waals surface area contributed by atoms with Crippen LogP contribution in [0.15, 0.2) is 30.6 Å². The van der Waals surface area contributed by atoms with Crippen LogP contribution in [-0.2, 0) is 4.74 Å². The number of nitrogens with one attached hydrogen (secondary N) is 2. The fourth-order valence-electron chi connectivity index (χ4n) is 6.26. The van der Waals surface area contributed by atoms with Gasteiger partial charge in [0.1, 0.15) is 6.33 Å². The second kappa shape index (κ2) is 7.47. The van der Waals surface area contributed by atoms with E-state index in [1.807, 2.05) is 0 Å². The number of aromatic nitrogens is 2. The highest BCUT2D eigenvalue weighted by Crippen LogP contribution is 2.57. The number of anilines is 3. The van der Waals surface area contributed by atoms with Crippen molar-refractivity contribution in [3.8, 4) is 0 Å². The predicted octanol–water partition coefficient (Wildman–Crippen LogP) is 4.30. The summed E-state index contributed by atoms with van der Waals surface area (Å²) in [5, 5.41) is 18.5. The van der Waals surface area contributed by atoms with E-state index in [0.29, 0.717) is 23.4 Å². The molecule has 2 aromatic rings. The van der Waals surface area contributed by atoms with E-state index in [1.54, 1.807) is 24.3 Å². The van der Waals surface area contributed by atoms with Crippen LogP contribution in [0.4, 0.5) is 23.0 Å². The minimum absolute atomic E-state index is 0.0450. The van der Waals surface area contributed by atoms with Gasteiger partial charge in [0.25, 0.3) is 0 Å². The molecule has 4 saturated carbocycles. The van der Waals surface area contributed by atoms with Crippen molar-refractivity contribution >= 4 is 29.0 Å². The molecule has 2 N–H and O–H groups in total. The van der Waals surface area contributed by atoms with E-state index in [2.05, 4.69) is 20.6 Å². The fourth-order valence-corrected chi connectivity index (χ4v) is 6.26. The number of rotatable bonds is 6. The largest absolute Gasteiger partial charge is 0.465 e. The number of methoxy groups -OCH3 is 1. The third-order valence-corrected chi connectivity index (χ3v) is 7.01. The highest BCUT2D eigenvalue weighted by molar-refractivity contribution is 5.96. The number of hydrogen-bond acceptors (Lipinski definition) is 8. The number of benzene rings is 1. The summed E-state index contributed by atoms with van der Waals surface area (Å²) in [7, 11) is 1.29. The molecule has 4 aliphatic rings. The minimum atomic E-state index is -0.535. The van der Waals surface area contributed by atoms with Gasteiger partial charge in [-0.3, -0.25) is 10.1 Å². The molecule has 0 atom stereocenters. The van der Waals surface area contributed by atoms with Gasteiger partial charge in [0, 0.05) is 5.54 Å². The van der Waals surface area contributed by atoms with Gasteiger partial charge in [-0.1, -0.05) is 12.1 Å². The Morgan fingerprint density at radius 1 is 1.10 bits per heavy atom. The first-order valence-corrected chi connectivity index (χ1v) is 10.7. The van der Waals surface area contributed by atoms with Gasteiger partial charge in [-0.05, 0) is 68.4 Å². The van der Waals surface area contributed by atoms with Crippen LogP contribution in [0, 0.1) is 27.9 Å². The average Bonchev–Trinajstić information content (AvgIpc) is 2.72. The maximum Gasteiger partial charge on any atom is 0.353 e. The molecule has 4 bridgehead atoms. The van der Waals surface area contributed by atoms with Gasteiger partial charge in [0.05, 0.1) is 23.3 Å². The molecule has 0 radical (unpaired) electrons. The number of hydrogen-bond donors (Lipinski definition) is 2. The minimum Gasteiger partial charge on any atom is -0.465 e. The maximum absolute atomic E-state index is 12.1. The topological polar surface area (TPSA) is 119 Å². The van der Waals surface area contributed by atoms with Crippen LogP contribution in [0.2, 0.25) is 0 Å². The van der Waals surface area contributed by atoms with Crippen LogP contribution >= 0.6 is 0 Å². The lowest BCUT2D eigenvalue weighted by Crippen LogP contribution is -2.55. The SMILES string of the molecule is COC(=O)c1ccccc1Nc1ncnc(NC23CC4CC(CC(C4)C2)C3)c1[N+](=O)[O-]. The molecule has 9 heteroatoms. The summed E-state index contributed by atoms with van der Waals surface area (Å²) in [5.41, 5.74) is 0.318. The van der Waals surface area contributed by atoms with Gasteiger partial charge in [-0.25, -0.2) is 14.8 Å². The van der Waals surface area contributed by atoms with E-state index in [9.17, 15) is 14.9 Å². The zero-order chi connectivity index (χ0) is 21.6. The van der Waals surface area contributed by atoms with Crippen molar-refractivity contribution in [1.29, 1.82) is 0 Å². The first kappa shape index (κ1) is 19.7. The molecule has 0 aliphatic heterocycles. The van der Waals surface area contributed by atoms with E-state index in [4.69, 9.17) is 4.74 Å². The Morgan fingerprint density at radius 3 is 2.32 bits per heavy atom. The number of carbonyl (C=O) groups excluding carboxylic acids is 1. The number of ether oxygens (including phenoxy) is 1. The van der Waals surface area contributed by atoms with Gasteiger partial charge in [0.15, 0.2) is 0 Å². The number of para-hydroxylation sites is 1. The lowest BCUT2D eigenvalue weighted by Gasteiger charge is -2.57. The van der Waals surface area contributed by atoms with Crippen LogP contribution in [0.5, 0.6) is 0 Å². The predicted molar refractivity (Wildman–Crippen MR) is 114 cm³/mol. The molecule has 0 spiro atoms. The zero-order valence-corrected chi connectivity index (χ0v) is 17.3. The van der Waals surface area contributed by atoms with E-state index >= 15 is 0 Å². The first-order valence-electron chi connectivity index (χ1n) is 10.7. The standard InChI is InChI=1S/C22H25N5O4/c1-31-21(28)16-4-2-3-5-17(16)25-19-18(27(29)30)20(24-12-23-19)26-22-9-13-6-14(10-22)8-15(7-13)11-22/h2-5,12-15H,6-11H2,1H3,(H2,23,24,25,26). The van der Waals surface area contributed by atoms with E-state index in [0.717, 1.165) is 19.3 Å². The van der Waals surface area contributed by atoms with Crippen LogP contribution in [-0.4, -0.2) is 33.5 Å². The zero-order valence-electron chi connectivity index (χ0n) is 17.3. The van der Waals surface area contributed by atoms with Crippen molar-refractivity contribution in [3.63, 3.8) is 0 Å². The molecule has 0 unspecified atom stereocenters. The Labute approximate surface area is 179 Å². The molecule has 6 rings (SSSR count). The van der Waals surface area contributed by atoms with Crippen molar-refractivity contribution in [3.05, 3.63) is 46.3 Å². The van der Waals surface area contributed by atoms with E-state index in [1.165, 1.54) is 32.7 Å². The summed E-state index contributed by atoms with van der Waals surface area (Å²) < 4.78 is 4.82. The van der Waals surface area contributed by atoms with Crippen molar-refractivity contribution < 1.29 is 14.5 Å². The molecular weight excluding hydrogens is 398 g/mol. The number of esters is 1. The van der Waals surface area contributed by atoms with Gasteiger partial charge in [-0.15, -0.1) is 0 Å². The summed E-state index contributed by atoms with van der Waals surface area (Å²) in [4.78, 5) is 32.0. The van der Waals surface area contributed by atoms with Crippen LogP contribution in [0.25, 0.3) is 0 Å². The third-order valence-electron chi connectivity index (χ3n) is 7.01. The average molecular weight is 423 g/mol. The lowest BCUT2D eigenvalue weighted by molar-refractivity contribution is -0.383. The van der Waals surface area contributed by atoms with Gasteiger partial charge >= 0.3 is 11.7 Å². The summed E-state index contributed by atoms with van der Waals surface area (Å²) in [5.74, 6) is 1.84. The van der Waals surface area contributed by atoms with Gasteiger partial charge in [0.2, 0.25) is 11.6 Å². The smallest absolute Gasteiger partial charge is 0.353 e. The second-order valence-corrected chi connectivity index (χ2v) is 9.16. The van der Waals surface area contributed by atoms with Gasteiger partial charge in [-0.2, -0.15) is 0 Å². The van der Waals surface area contributed by atoms with Crippen molar-refractivity contribution in [2.24, 2.45) is 17.8 Å².